The van der Waals surface area contributed by atoms with E-state index in [1.54, 1.807) is 0 Å². The number of hydrogen-bond donors (Lipinski definition) is 2. The third-order valence-corrected chi connectivity index (χ3v) is 4.47. The monoisotopic (exact) mass is 441 g/mol. The smallest absolute Gasteiger partial charge is 0.355 e. The molecule has 0 aliphatic carbocycles. The first-order chi connectivity index (χ1) is 14.1. The predicted molar refractivity (Wildman–Crippen MR) is 103 cm³/mol. The molecule has 156 valence electrons. The molecule has 0 spiro atoms. The molecule has 0 aliphatic rings. The molecule has 3 rings (SSSR count). The van der Waals surface area contributed by atoms with Gasteiger partial charge in [0.1, 0.15) is 23.0 Å². The lowest BCUT2D eigenvalue weighted by molar-refractivity contribution is -0.0896. The van der Waals surface area contributed by atoms with E-state index in [0.29, 0.717) is 6.21 Å². The molecule has 0 aliphatic heterocycles. The summed E-state index contributed by atoms with van der Waals surface area (Å²) in [6.45, 7) is 1.36. The number of alkyl halides is 3. The number of benzene rings is 2. The molecule has 0 atom stereocenters. The fourth-order valence-electron chi connectivity index (χ4n) is 2.80. The van der Waals surface area contributed by atoms with Gasteiger partial charge in [0.05, 0.1) is 16.2 Å². The molecule has 0 fully saturated rings. The van der Waals surface area contributed by atoms with Gasteiger partial charge in [-0.1, -0.05) is 28.9 Å². The molecule has 0 radical (unpaired) electrons. The average molecular weight is 442 g/mol. The van der Waals surface area contributed by atoms with E-state index in [0.717, 1.165) is 18.2 Å². The molecule has 1 heterocycles. The highest BCUT2D eigenvalue weighted by Gasteiger charge is 2.38. The molecular weight excluding hydrogens is 429 g/mol. The van der Waals surface area contributed by atoms with Crippen molar-refractivity contribution in [2.45, 2.75) is 13.1 Å². The molecule has 0 saturated heterocycles. The van der Waals surface area contributed by atoms with Gasteiger partial charge >= 0.3 is 6.18 Å². The van der Waals surface area contributed by atoms with Gasteiger partial charge in [0.15, 0.2) is 5.76 Å². The van der Waals surface area contributed by atoms with E-state index in [1.165, 1.54) is 31.2 Å². The predicted octanol–water partition coefficient (Wildman–Crippen LogP) is 6.62. The highest BCUT2D eigenvalue weighted by atomic mass is 35.5. The van der Waals surface area contributed by atoms with E-state index >= 15 is 0 Å². The minimum Gasteiger partial charge on any atom is -0.355 e. The Bertz CT molecular complexity index is 1120. The van der Waals surface area contributed by atoms with Gasteiger partial charge in [-0.3, -0.25) is 0 Å². The molecule has 0 unspecified atom stereocenters. The Morgan fingerprint density at radius 1 is 1.17 bits per heavy atom. The summed E-state index contributed by atoms with van der Waals surface area (Å²) in [4.78, 5) is 0. The zero-order chi connectivity index (χ0) is 22.1. The maximum Gasteiger partial charge on any atom is 0.432 e. The molecule has 10 heteroatoms. The Morgan fingerprint density at radius 2 is 1.87 bits per heavy atom. The van der Waals surface area contributed by atoms with Gasteiger partial charge in [-0.2, -0.15) is 13.2 Å². The lowest BCUT2D eigenvalue weighted by Crippen LogP contribution is -2.21. The lowest BCUT2D eigenvalue weighted by Gasteiger charge is -2.17. The van der Waals surface area contributed by atoms with E-state index < -0.39 is 34.8 Å². The number of nitrogens with one attached hydrogen (secondary N) is 2. The van der Waals surface area contributed by atoms with Gasteiger partial charge < -0.3 is 15.2 Å². The van der Waals surface area contributed by atoms with E-state index in [1.807, 2.05) is 0 Å². The fraction of sp³-hybridized carbons (Fsp3) is 0.100. The highest BCUT2D eigenvalue weighted by molar-refractivity contribution is 6.33. The van der Waals surface area contributed by atoms with Crippen LogP contribution in [0.4, 0.5) is 27.6 Å². The number of rotatable bonds is 5. The third kappa shape index (κ3) is 4.20. The second-order valence-corrected chi connectivity index (χ2v) is 6.56. The first-order valence-corrected chi connectivity index (χ1v) is 8.76. The van der Waals surface area contributed by atoms with Gasteiger partial charge in [-0.15, -0.1) is 0 Å². The van der Waals surface area contributed by atoms with Crippen LogP contribution in [0.2, 0.25) is 5.02 Å². The van der Waals surface area contributed by atoms with Crippen LogP contribution in [0.15, 0.2) is 52.7 Å². The summed E-state index contributed by atoms with van der Waals surface area (Å²) in [6, 6.07) is 8.28. The van der Waals surface area contributed by atoms with Gasteiger partial charge in [-0.05, 0) is 37.3 Å². The number of nitrogens with zero attached hydrogens (tertiary/aromatic N) is 1. The summed E-state index contributed by atoms with van der Waals surface area (Å²) >= 11 is 6.01. The van der Waals surface area contributed by atoms with Crippen LogP contribution in [0.1, 0.15) is 11.3 Å². The minimum absolute atomic E-state index is 0.00716. The number of hydrogen-bond acceptors (Lipinski definition) is 4. The van der Waals surface area contributed by atoms with E-state index in [-0.39, 0.29) is 27.5 Å². The first-order valence-electron chi connectivity index (χ1n) is 8.39. The normalized spacial score (nSPS) is 12.5. The Labute approximate surface area is 172 Å². The molecule has 2 aromatic carbocycles. The first kappa shape index (κ1) is 21.5. The van der Waals surface area contributed by atoms with Crippen LogP contribution in [-0.2, 0) is 0 Å². The van der Waals surface area contributed by atoms with Gasteiger partial charge in [0, 0.05) is 17.5 Å². The summed E-state index contributed by atoms with van der Waals surface area (Å²) in [5, 5.41) is 13.3. The summed E-state index contributed by atoms with van der Waals surface area (Å²) in [5.74, 6) is -1.89. The van der Waals surface area contributed by atoms with Crippen LogP contribution in [0, 0.1) is 24.0 Å². The van der Waals surface area contributed by atoms with Gasteiger partial charge in [-0.25, -0.2) is 8.78 Å². The van der Waals surface area contributed by atoms with Crippen molar-refractivity contribution in [3.05, 3.63) is 76.1 Å². The van der Waals surface area contributed by atoms with Crippen molar-refractivity contribution >= 4 is 29.1 Å². The zero-order valence-corrected chi connectivity index (χ0v) is 16.0. The SMILES string of the molecule is Cc1c(-c2c(F)cccc2Cl)noc1/C(C=N)=C(/Nc1cccc(F)c1)C(F)(F)F. The maximum absolute atomic E-state index is 14.2. The Hall–Kier alpha value is -3.20. The average Bonchev–Trinajstić information content (AvgIpc) is 3.02. The zero-order valence-electron chi connectivity index (χ0n) is 15.2. The lowest BCUT2D eigenvalue weighted by atomic mass is 10.0. The number of aromatic nitrogens is 1. The standard InChI is InChI=1S/C20H13ClF5N3O/c1-10-17(16-14(21)6-3-7-15(16)23)29-30-18(10)13(9-27)19(20(24,25)26)28-12-5-2-4-11(22)8-12/h2-9,27-28H,1H3/b19-13+,27-9?. The van der Waals surface area contributed by atoms with Crippen LogP contribution in [0.3, 0.4) is 0 Å². The molecular formula is C20H13ClF5N3O. The second kappa shape index (κ2) is 8.27. The van der Waals surface area contributed by atoms with Crippen molar-refractivity contribution in [2.24, 2.45) is 0 Å². The third-order valence-electron chi connectivity index (χ3n) is 4.16. The van der Waals surface area contributed by atoms with Gasteiger partial charge in [0.2, 0.25) is 0 Å². The molecule has 3 aromatic rings. The Balaban J connectivity index is 2.18. The van der Waals surface area contributed by atoms with Crippen molar-refractivity contribution in [3.63, 3.8) is 0 Å². The molecule has 2 N–H and O–H groups in total. The summed E-state index contributed by atoms with van der Waals surface area (Å²) < 4.78 is 73.9. The van der Waals surface area contributed by atoms with Crippen LogP contribution in [-0.4, -0.2) is 17.5 Å². The fourth-order valence-corrected chi connectivity index (χ4v) is 3.05. The molecule has 0 amide bonds. The number of halogens is 6. The van der Waals surface area contributed by atoms with Crippen molar-refractivity contribution < 1.29 is 26.5 Å². The van der Waals surface area contributed by atoms with E-state index in [2.05, 4.69) is 10.5 Å². The molecule has 0 bridgehead atoms. The number of anilines is 1. The maximum atomic E-state index is 14.2. The molecule has 4 nitrogen and oxygen atoms in total. The van der Waals surface area contributed by atoms with E-state index in [4.69, 9.17) is 21.5 Å². The summed E-state index contributed by atoms with van der Waals surface area (Å²) in [6.07, 6.45) is -4.52. The summed E-state index contributed by atoms with van der Waals surface area (Å²) in [7, 11) is 0. The molecule has 1 aromatic heterocycles. The second-order valence-electron chi connectivity index (χ2n) is 6.15. The largest absolute Gasteiger partial charge is 0.432 e. The highest BCUT2D eigenvalue weighted by Crippen LogP contribution is 2.38. The Kier molecular flexibility index (Phi) is 5.93. The topological polar surface area (TPSA) is 61.9 Å². The number of allylic oxidation sites excluding steroid dienone is 2. The van der Waals surface area contributed by atoms with Crippen molar-refractivity contribution in [3.8, 4) is 11.3 Å². The van der Waals surface area contributed by atoms with Crippen LogP contribution < -0.4 is 5.32 Å². The Morgan fingerprint density at radius 3 is 2.47 bits per heavy atom. The van der Waals surface area contributed by atoms with Crippen molar-refractivity contribution in [1.82, 2.24) is 5.16 Å². The van der Waals surface area contributed by atoms with Crippen molar-refractivity contribution in [1.29, 1.82) is 5.41 Å². The van der Waals surface area contributed by atoms with Crippen molar-refractivity contribution in [2.75, 3.05) is 5.32 Å². The molecule has 0 saturated carbocycles. The quantitative estimate of drug-likeness (QED) is 0.345. The summed E-state index contributed by atoms with van der Waals surface area (Å²) in [5.41, 5.74) is -2.44. The minimum atomic E-state index is -4.95. The van der Waals surface area contributed by atoms with Crippen LogP contribution >= 0.6 is 11.6 Å². The van der Waals surface area contributed by atoms with Crippen LogP contribution in [0.25, 0.3) is 16.8 Å². The van der Waals surface area contributed by atoms with E-state index in [9.17, 15) is 22.0 Å². The molecule has 30 heavy (non-hydrogen) atoms. The van der Waals surface area contributed by atoms with Gasteiger partial charge in [0.25, 0.3) is 0 Å². The van der Waals surface area contributed by atoms with Crippen LogP contribution in [0.5, 0.6) is 0 Å².